The fourth-order valence-electron chi connectivity index (χ4n) is 4.10. The molecule has 0 aliphatic heterocycles. The van der Waals surface area contributed by atoms with E-state index in [0.717, 1.165) is 16.7 Å². The van der Waals surface area contributed by atoms with E-state index in [4.69, 9.17) is 9.47 Å². The highest BCUT2D eigenvalue weighted by Gasteiger charge is 2.54. The van der Waals surface area contributed by atoms with Gasteiger partial charge in [0.05, 0.1) is 11.4 Å². The third-order valence-corrected chi connectivity index (χ3v) is 5.37. The standard InChI is InChI=1S/C20H23NO3/c22-20(19-14-6-2-1-3-7-15(14)19)24-13-12-23-18-10-11-21-17-9-5-4-8-16(17)18/h4-5,8-11,14-15,19H,1-3,6-7,12-13H2/t14-,15+,19?. The minimum atomic E-state index is -0.0184. The van der Waals surface area contributed by atoms with Crippen LogP contribution in [-0.2, 0) is 9.53 Å². The number of nitrogens with zero attached hydrogens (tertiary/aromatic N) is 1. The lowest BCUT2D eigenvalue weighted by Gasteiger charge is -2.10. The predicted molar refractivity (Wildman–Crippen MR) is 91.8 cm³/mol. The number of para-hydroxylation sites is 1. The fourth-order valence-corrected chi connectivity index (χ4v) is 4.10. The maximum atomic E-state index is 12.2. The van der Waals surface area contributed by atoms with Crippen LogP contribution in [0.2, 0.25) is 0 Å². The summed E-state index contributed by atoms with van der Waals surface area (Å²) < 4.78 is 11.2. The molecule has 2 aliphatic carbocycles. The number of esters is 1. The third kappa shape index (κ3) is 3.10. The predicted octanol–water partition coefficient (Wildman–Crippen LogP) is 3.98. The average molecular weight is 325 g/mol. The van der Waals surface area contributed by atoms with Crippen molar-refractivity contribution in [1.82, 2.24) is 4.98 Å². The van der Waals surface area contributed by atoms with E-state index in [2.05, 4.69) is 4.98 Å². The van der Waals surface area contributed by atoms with Crippen LogP contribution in [0.15, 0.2) is 36.5 Å². The lowest BCUT2D eigenvalue weighted by Crippen LogP contribution is -2.15. The monoisotopic (exact) mass is 325 g/mol. The zero-order valence-electron chi connectivity index (χ0n) is 13.8. The largest absolute Gasteiger partial charge is 0.489 e. The quantitative estimate of drug-likeness (QED) is 0.616. The van der Waals surface area contributed by atoms with Gasteiger partial charge in [0.1, 0.15) is 19.0 Å². The zero-order chi connectivity index (χ0) is 16.4. The first-order valence-electron chi connectivity index (χ1n) is 8.98. The van der Waals surface area contributed by atoms with Crippen LogP contribution in [0, 0.1) is 17.8 Å². The first-order valence-corrected chi connectivity index (χ1v) is 8.98. The molecule has 3 atom stereocenters. The smallest absolute Gasteiger partial charge is 0.309 e. The highest BCUT2D eigenvalue weighted by atomic mass is 16.6. The van der Waals surface area contributed by atoms with Gasteiger partial charge in [-0.05, 0) is 42.9 Å². The summed E-state index contributed by atoms with van der Waals surface area (Å²) >= 11 is 0. The molecule has 2 saturated carbocycles. The maximum absolute atomic E-state index is 12.2. The van der Waals surface area contributed by atoms with Crippen molar-refractivity contribution in [2.75, 3.05) is 13.2 Å². The number of hydrogen-bond acceptors (Lipinski definition) is 4. The number of aromatic nitrogens is 1. The molecule has 24 heavy (non-hydrogen) atoms. The first kappa shape index (κ1) is 15.4. The Balaban J connectivity index is 1.27. The number of fused-ring (bicyclic) bond motifs is 2. The minimum Gasteiger partial charge on any atom is -0.489 e. The van der Waals surface area contributed by atoms with Crippen molar-refractivity contribution < 1.29 is 14.3 Å². The Bertz CT molecular complexity index is 712. The van der Waals surface area contributed by atoms with E-state index in [9.17, 15) is 4.79 Å². The number of rotatable bonds is 5. The van der Waals surface area contributed by atoms with E-state index >= 15 is 0 Å². The van der Waals surface area contributed by atoms with Crippen LogP contribution in [0.3, 0.4) is 0 Å². The highest BCUT2D eigenvalue weighted by Crippen LogP contribution is 2.54. The van der Waals surface area contributed by atoms with Crippen molar-refractivity contribution in [3.8, 4) is 5.75 Å². The molecule has 0 bridgehead atoms. The van der Waals surface area contributed by atoms with Crippen molar-refractivity contribution in [2.24, 2.45) is 17.8 Å². The van der Waals surface area contributed by atoms with Gasteiger partial charge in [-0.3, -0.25) is 9.78 Å². The molecule has 1 aromatic carbocycles. The van der Waals surface area contributed by atoms with E-state index < -0.39 is 0 Å². The molecule has 0 amide bonds. The Morgan fingerprint density at radius 3 is 2.67 bits per heavy atom. The van der Waals surface area contributed by atoms with Gasteiger partial charge in [0, 0.05) is 11.6 Å². The second kappa shape index (κ2) is 6.80. The molecule has 0 spiro atoms. The molecule has 1 aromatic heterocycles. The van der Waals surface area contributed by atoms with Gasteiger partial charge in [0.2, 0.25) is 0 Å². The van der Waals surface area contributed by atoms with Gasteiger partial charge in [-0.1, -0.05) is 31.4 Å². The van der Waals surface area contributed by atoms with Gasteiger partial charge in [-0.25, -0.2) is 0 Å². The summed E-state index contributed by atoms with van der Waals surface area (Å²) in [5, 5.41) is 0.982. The third-order valence-electron chi connectivity index (χ3n) is 5.37. The van der Waals surface area contributed by atoms with Crippen molar-refractivity contribution in [1.29, 1.82) is 0 Å². The van der Waals surface area contributed by atoms with Crippen molar-refractivity contribution in [2.45, 2.75) is 32.1 Å². The van der Waals surface area contributed by atoms with Crippen LogP contribution >= 0.6 is 0 Å². The van der Waals surface area contributed by atoms with Crippen molar-refractivity contribution in [3.63, 3.8) is 0 Å². The SMILES string of the molecule is O=C(OCCOc1ccnc2ccccc12)C1[C@H]2CCCCC[C@@H]12. The molecule has 126 valence electrons. The summed E-state index contributed by atoms with van der Waals surface area (Å²) in [5.41, 5.74) is 0.908. The second-order valence-electron chi connectivity index (χ2n) is 6.83. The number of pyridine rings is 1. The van der Waals surface area contributed by atoms with Crippen molar-refractivity contribution >= 4 is 16.9 Å². The molecule has 0 N–H and O–H groups in total. The van der Waals surface area contributed by atoms with E-state index in [1.54, 1.807) is 6.20 Å². The van der Waals surface area contributed by atoms with Crippen molar-refractivity contribution in [3.05, 3.63) is 36.5 Å². The van der Waals surface area contributed by atoms with E-state index in [0.29, 0.717) is 25.0 Å². The molecule has 2 aliphatic rings. The summed E-state index contributed by atoms with van der Waals surface area (Å²) in [5.74, 6) is 2.10. The van der Waals surface area contributed by atoms with Crippen LogP contribution in [0.25, 0.3) is 10.9 Å². The molecule has 1 unspecified atom stereocenters. The molecular weight excluding hydrogens is 302 g/mol. The Morgan fingerprint density at radius 1 is 1.04 bits per heavy atom. The van der Waals surface area contributed by atoms with Gasteiger partial charge >= 0.3 is 5.97 Å². The second-order valence-corrected chi connectivity index (χ2v) is 6.83. The Hall–Kier alpha value is -2.10. The summed E-state index contributed by atoms with van der Waals surface area (Å²) in [6.07, 6.45) is 7.99. The Labute approximate surface area is 142 Å². The highest BCUT2D eigenvalue weighted by molar-refractivity contribution is 5.84. The van der Waals surface area contributed by atoms with Crippen LogP contribution < -0.4 is 4.74 Å². The Morgan fingerprint density at radius 2 is 1.83 bits per heavy atom. The van der Waals surface area contributed by atoms with Crippen LogP contribution in [0.5, 0.6) is 5.75 Å². The molecule has 0 saturated heterocycles. The molecule has 2 aromatic rings. The molecule has 2 fully saturated rings. The number of benzene rings is 1. The molecular formula is C20H23NO3. The number of hydrogen-bond donors (Lipinski definition) is 0. The van der Waals surface area contributed by atoms with Crippen LogP contribution in [0.4, 0.5) is 0 Å². The molecule has 4 nitrogen and oxygen atoms in total. The lowest BCUT2D eigenvalue weighted by molar-refractivity contribution is -0.146. The van der Waals surface area contributed by atoms with Gasteiger partial charge in [0.15, 0.2) is 0 Å². The lowest BCUT2D eigenvalue weighted by atomic mass is 10.1. The molecule has 0 radical (unpaired) electrons. The zero-order valence-corrected chi connectivity index (χ0v) is 13.8. The van der Waals surface area contributed by atoms with E-state index in [1.807, 2.05) is 30.3 Å². The van der Waals surface area contributed by atoms with E-state index in [1.165, 1.54) is 32.1 Å². The number of carbonyl (C=O) groups excluding carboxylic acids is 1. The Kier molecular flexibility index (Phi) is 4.37. The van der Waals surface area contributed by atoms with Crippen LogP contribution in [-0.4, -0.2) is 24.2 Å². The summed E-state index contributed by atoms with van der Waals surface area (Å²) in [7, 11) is 0. The van der Waals surface area contributed by atoms with Gasteiger partial charge < -0.3 is 9.47 Å². The number of ether oxygens (including phenoxy) is 2. The molecule has 4 rings (SSSR count). The maximum Gasteiger partial charge on any atom is 0.309 e. The fraction of sp³-hybridized carbons (Fsp3) is 0.500. The molecule has 4 heteroatoms. The topological polar surface area (TPSA) is 48.4 Å². The van der Waals surface area contributed by atoms with Gasteiger partial charge in [0.25, 0.3) is 0 Å². The summed E-state index contributed by atoms with van der Waals surface area (Å²) in [6, 6.07) is 9.72. The van der Waals surface area contributed by atoms with Gasteiger partial charge in [-0.15, -0.1) is 0 Å². The minimum absolute atomic E-state index is 0.0184. The van der Waals surface area contributed by atoms with E-state index in [-0.39, 0.29) is 11.9 Å². The summed E-state index contributed by atoms with van der Waals surface area (Å²) in [4.78, 5) is 16.5. The molecule has 1 heterocycles. The summed E-state index contributed by atoms with van der Waals surface area (Å²) in [6.45, 7) is 0.688. The normalized spacial score (nSPS) is 25.6. The van der Waals surface area contributed by atoms with Crippen LogP contribution in [0.1, 0.15) is 32.1 Å². The average Bonchev–Trinajstić information content (AvgIpc) is 3.34. The first-order chi connectivity index (χ1) is 11.8. The number of carbonyl (C=O) groups is 1. The van der Waals surface area contributed by atoms with Gasteiger partial charge in [-0.2, -0.15) is 0 Å².